The molecule has 0 aromatic carbocycles. The fourth-order valence-electron chi connectivity index (χ4n) is 1.00. The molecule has 17 heavy (non-hydrogen) atoms. The minimum Gasteiger partial charge on any atom is -0.374 e. The Morgan fingerprint density at radius 3 is 3.18 bits per heavy atom. The first kappa shape index (κ1) is 13.9. The van der Waals surface area contributed by atoms with Crippen LogP contribution in [0.3, 0.4) is 0 Å². The standard InChI is InChI=1S/C9H13N3O3S2/c1-16-9(6-12(13)14)10-3-5-17-7-8-2-4-15-11-8/h2,4,6,10H,3,5,7H2,1H3/b9-6+. The number of hydrogen-bond acceptors (Lipinski definition) is 7. The third-order valence-corrected chi connectivity index (χ3v) is 3.41. The number of aromatic nitrogens is 1. The lowest BCUT2D eigenvalue weighted by molar-refractivity contribution is -0.403. The van der Waals surface area contributed by atoms with Gasteiger partial charge in [-0.1, -0.05) is 5.16 Å². The van der Waals surface area contributed by atoms with Gasteiger partial charge in [0.1, 0.15) is 11.3 Å². The highest BCUT2D eigenvalue weighted by Crippen LogP contribution is 2.10. The third kappa shape index (κ3) is 6.22. The van der Waals surface area contributed by atoms with Crippen molar-refractivity contribution in [3.63, 3.8) is 0 Å². The van der Waals surface area contributed by atoms with Crippen LogP contribution in [-0.4, -0.2) is 28.6 Å². The van der Waals surface area contributed by atoms with Crippen molar-refractivity contribution in [1.82, 2.24) is 10.5 Å². The molecule has 0 aliphatic rings. The van der Waals surface area contributed by atoms with E-state index in [2.05, 4.69) is 10.5 Å². The predicted octanol–water partition coefficient (Wildman–Crippen LogP) is 1.94. The van der Waals surface area contributed by atoms with E-state index in [1.807, 2.05) is 6.07 Å². The fraction of sp³-hybridized carbons (Fsp3) is 0.444. The lowest BCUT2D eigenvalue weighted by atomic mass is 10.5. The lowest BCUT2D eigenvalue weighted by Crippen LogP contribution is -2.15. The van der Waals surface area contributed by atoms with Gasteiger partial charge < -0.3 is 9.84 Å². The average Bonchev–Trinajstić information content (AvgIpc) is 2.79. The summed E-state index contributed by atoms with van der Waals surface area (Å²) in [5, 5.41) is 17.6. The molecular formula is C9H13N3O3S2. The Kier molecular flexibility index (Phi) is 6.56. The normalized spacial score (nSPS) is 11.5. The molecule has 0 spiro atoms. The van der Waals surface area contributed by atoms with E-state index in [-0.39, 0.29) is 0 Å². The molecule has 0 aliphatic heterocycles. The number of nitrogens with one attached hydrogen (secondary N) is 1. The maximum Gasteiger partial charge on any atom is 0.263 e. The molecule has 1 N–H and O–H groups in total. The molecule has 0 atom stereocenters. The largest absolute Gasteiger partial charge is 0.374 e. The zero-order valence-corrected chi connectivity index (χ0v) is 10.9. The minimum absolute atomic E-state index is 0.457. The van der Waals surface area contributed by atoms with Crippen molar-refractivity contribution in [2.75, 3.05) is 18.6 Å². The molecule has 0 saturated heterocycles. The number of rotatable bonds is 8. The fourth-order valence-corrected chi connectivity index (χ4v) is 2.19. The summed E-state index contributed by atoms with van der Waals surface area (Å²) in [4.78, 5) is 9.81. The van der Waals surface area contributed by atoms with Gasteiger partial charge in [-0.15, -0.1) is 11.8 Å². The smallest absolute Gasteiger partial charge is 0.263 e. The van der Waals surface area contributed by atoms with Crippen LogP contribution >= 0.6 is 23.5 Å². The van der Waals surface area contributed by atoms with Gasteiger partial charge in [0.2, 0.25) is 0 Å². The van der Waals surface area contributed by atoms with Gasteiger partial charge in [-0.25, -0.2) is 0 Å². The highest BCUT2D eigenvalue weighted by molar-refractivity contribution is 8.02. The van der Waals surface area contributed by atoms with Gasteiger partial charge in [-0.3, -0.25) is 10.1 Å². The van der Waals surface area contributed by atoms with Crippen LogP contribution in [0.2, 0.25) is 0 Å². The van der Waals surface area contributed by atoms with Gasteiger partial charge in [-0.05, 0) is 6.26 Å². The Labute approximate surface area is 107 Å². The van der Waals surface area contributed by atoms with Gasteiger partial charge in [0, 0.05) is 24.1 Å². The first-order valence-electron chi connectivity index (χ1n) is 4.82. The van der Waals surface area contributed by atoms with Crippen LogP contribution in [0.1, 0.15) is 5.69 Å². The van der Waals surface area contributed by atoms with Crippen LogP contribution < -0.4 is 5.32 Å². The Morgan fingerprint density at radius 1 is 1.76 bits per heavy atom. The van der Waals surface area contributed by atoms with Crippen molar-refractivity contribution in [3.8, 4) is 0 Å². The summed E-state index contributed by atoms with van der Waals surface area (Å²) in [7, 11) is 0. The Hall–Kier alpha value is -1.15. The molecule has 1 aromatic rings. The van der Waals surface area contributed by atoms with Gasteiger partial charge >= 0.3 is 0 Å². The molecule has 6 nitrogen and oxygen atoms in total. The predicted molar refractivity (Wildman–Crippen MR) is 69.3 cm³/mol. The van der Waals surface area contributed by atoms with E-state index in [0.29, 0.717) is 11.6 Å². The molecule has 1 rings (SSSR count). The molecule has 94 valence electrons. The van der Waals surface area contributed by atoms with Gasteiger partial charge in [0.25, 0.3) is 6.20 Å². The van der Waals surface area contributed by atoms with E-state index in [0.717, 1.165) is 23.4 Å². The van der Waals surface area contributed by atoms with Gasteiger partial charge in [-0.2, -0.15) is 11.8 Å². The molecule has 0 radical (unpaired) electrons. The SMILES string of the molecule is CS/C(=C/[N+](=O)[O-])NCCSCc1ccon1. The van der Waals surface area contributed by atoms with Crippen LogP contribution in [0.5, 0.6) is 0 Å². The summed E-state index contributed by atoms with van der Waals surface area (Å²) in [6.45, 7) is 0.684. The summed E-state index contributed by atoms with van der Waals surface area (Å²) in [5.41, 5.74) is 0.904. The maximum absolute atomic E-state index is 10.3. The van der Waals surface area contributed by atoms with E-state index in [1.165, 1.54) is 11.8 Å². The maximum atomic E-state index is 10.3. The zero-order chi connectivity index (χ0) is 12.5. The number of nitrogens with zero attached hydrogens (tertiary/aromatic N) is 2. The first-order valence-corrected chi connectivity index (χ1v) is 7.20. The molecule has 0 bridgehead atoms. The van der Waals surface area contributed by atoms with E-state index in [4.69, 9.17) is 4.52 Å². The van der Waals surface area contributed by atoms with Crippen molar-refractivity contribution in [2.45, 2.75) is 5.75 Å². The van der Waals surface area contributed by atoms with Crippen LogP contribution in [0, 0.1) is 10.1 Å². The molecule has 0 fully saturated rings. The first-order chi connectivity index (χ1) is 8.22. The van der Waals surface area contributed by atoms with Crippen molar-refractivity contribution in [3.05, 3.63) is 39.4 Å². The van der Waals surface area contributed by atoms with E-state index < -0.39 is 4.92 Å². The van der Waals surface area contributed by atoms with E-state index in [1.54, 1.807) is 24.3 Å². The molecule has 0 aliphatic carbocycles. The Bertz CT molecular complexity index is 368. The van der Waals surface area contributed by atoms with Crippen molar-refractivity contribution < 1.29 is 9.45 Å². The molecule has 1 heterocycles. The molecule has 0 unspecified atom stereocenters. The minimum atomic E-state index is -0.457. The quantitative estimate of drug-likeness (QED) is 0.441. The van der Waals surface area contributed by atoms with E-state index in [9.17, 15) is 10.1 Å². The second-order valence-corrected chi connectivity index (χ2v) is 4.91. The zero-order valence-electron chi connectivity index (χ0n) is 9.29. The number of nitro groups is 1. The van der Waals surface area contributed by atoms with Crippen LogP contribution in [-0.2, 0) is 5.75 Å². The summed E-state index contributed by atoms with van der Waals surface area (Å²) < 4.78 is 4.70. The summed E-state index contributed by atoms with van der Waals surface area (Å²) in [5.74, 6) is 1.63. The summed E-state index contributed by atoms with van der Waals surface area (Å²) in [6, 6.07) is 1.82. The molecule has 0 saturated carbocycles. The van der Waals surface area contributed by atoms with Crippen LogP contribution in [0.15, 0.2) is 28.1 Å². The van der Waals surface area contributed by atoms with Crippen LogP contribution in [0.4, 0.5) is 0 Å². The number of hydrogen-bond donors (Lipinski definition) is 1. The van der Waals surface area contributed by atoms with Crippen LogP contribution in [0.25, 0.3) is 0 Å². The highest BCUT2D eigenvalue weighted by atomic mass is 32.2. The van der Waals surface area contributed by atoms with Crippen molar-refractivity contribution >= 4 is 23.5 Å². The average molecular weight is 275 g/mol. The summed E-state index contributed by atoms with van der Waals surface area (Å²) in [6.07, 6.45) is 4.32. The second kappa shape index (κ2) is 8.02. The monoisotopic (exact) mass is 275 g/mol. The third-order valence-electron chi connectivity index (χ3n) is 1.73. The molecule has 1 aromatic heterocycles. The Morgan fingerprint density at radius 2 is 2.59 bits per heavy atom. The molecule has 0 amide bonds. The summed E-state index contributed by atoms with van der Waals surface area (Å²) >= 11 is 3.02. The van der Waals surface area contributed by atoms with Gasteiger partial charge in [0.15, 0.2) is 0 Å². The number of thioether (sulfide) groups is 2. The second-order valence-electron chi connectivity index (χ2n) is 2.95. The lowest BCUT2D eigenvalue weighted by Gasteiger charge is -2.04. The van der Waals surface area contributed by atoms with E-state index >= 15 is 0 Å². The highest BCUT2D eigenvalue weighted by Gasteiger charge is 2.01. The molecule has 8 heteroatoms. The topological polar surface area (TPSA) is 81.2 Å². The van der Waals surface area contributed by atoms with Crippen molar-refractivity contribution in [2.24, 2.45) is 0 Å². The molecular weight excluding hydrogens is 262 g/mol. The van der Waals surface area contributed by atoms with Gasteiger partial charge in [0.05, 0.1) is 10.6 Å². The van der Waals surface area contributed by atoms with Crippen molar-refractivity contribution in [1.29, 1.82) is 0 Å². The Balaban J connectivity index is 2.13.